The van der Waals surface area contributed by atoms with Gasteiger partial charge in [0.05, 0.1) is 17.6 Å². The normalized spacial score (nSPS) is 13.7. The molecule has 0 fully saturated rings. The van der Waals surface area contributed by atoms with Crippen LogP contribution in [0.4, 0.5) is 5.69 Å². The smallest absolute Gasteiger partial charge is 0.111 e. The third-order valence-corrected chi connectivity index (χ3v) is 2.47. The minimum atomic E-state index is 0.936. The molecule has 0 saturated heterocycles. The summed E-state index contributed by atoms with van der Waals surface area (Å²) < 4.78 is 0. The lowest BCUT2D eigenvalue weighted by Crippen LogP contribution is -2.02. The third kappa shape index (κ3) is 1.00. The second-order valence-corrected chi connectivity index (χ2v) is 3.35. The predicted molar refractivity (Wildman–Crippen MR) is 54.0 cm³/mol. The van der Waals surface area contributed by atoms with Gasteiger partial charge in [0.15, 0.2) is 0 Å². The fourth-order valence-corrected chi connectivity index (χ4v) is 1.78. The molecule has 0 atom stereocenters. The summed E-state index contributed by atoms with van der Waals surface area (Å²) in [5.41, 5.74) is 4.33. The van der Waals surface area contributed by atoms with E-state index in [1.54, 1.807) is 6.20 Å². The van der Waals surface area contributed by atoms with E-state index in [1.165, 1.54) is 5.56 Å². The van der Waals surface area contributed by atoms with Crippen molar-refractivity contribution in [2.45, 2.75) is 6.42 Å². The van der Waals surface area contributed by atoms with Crippen molar-refractivity contribution in [1.82, 2.24) is 15.2 Å². The predicted octanol–water partition coefficient (Wildman–Crippen LogP) is 1.44. The maximum atomic E-state index is 4.36. The summed E-state index contributed by atoms with van der Waals surface area (Å²) in [5.74, 6) is 0. The van der Waals surface area contributed by atoms with Crippen molar-refractivity contribution in [2.75, 3.05) is 11.9 Å². The molecule has 0 amide bonds. The van der Waals surface area contributed by atoms with E-state index in [-0.39, 0.29) is 0 Å². The number of anilines is 1. The lowest BCUT2D eigenvalue weighted by Gasteiger charge is -2.04. The standard InChI is InChI=1S/C10H10N4/c1-2-8-10(12-4-1)9-7(3-5-11-8)6-13-14-9/h1-2,4,6,11H,3,5H2,(H,13,14). The highest BCUT2D eigenvalue weighted by molar-refractivity contribution is 5.74. The number of H-pyrrole nitrogens is 1. The molecule has 2 N–H and O–H groups in total. The summed E-state index contributed by atoms with van der Waals surface area (Å²) >= 11 is 0. The largest absolute Gasteiger partial charge is 0.383 e. The van der Waals surface area contributed by atoms with Crippen LogP contribution in [0.25, 0.3) is 11.4 Å². The number of pyridine rings is 1. The second kappa shape index (κ2) is 2.83. The Labute approximate surface area is 81.4 Å². The maximum Gasteiger partial charge on any atom is 0.111 e. The molecule has 0 spiro atoms. The number of nitrogens with one attached hydrogen (secondary N) is 2. The van der Waals surface area contributed by atoms with Crippen molar-refractivity contribution in [3.63, 3.8) is 0 Å². The topological polar surface area (TPSA) is 53.6 Å². The Balaban J connectivity index is 2.27. The van der Waals surface area contributed by atoms with Crippen molar-refractivity contribution in [3.8, 4) is 11.4 Å². The SMILES string of the molecule is c1cnc2c(c1)NCCc1cn[nH]c1-2. The van der Waals surface area contributed by atoms with Gasteiger partial charge in [0.25, 0.3) is 0 Å². The first kappa shape index (κ1) is 7.55. The minimum absolute atomic E-state index is 0.936. The van der Waals surface area contributed by atoms with Gasteiger partial charge in [-0.25, -0.2) is 0 Å². The molecule has 0 aromatic carbocycles. The van der Waals surface area contributed by atoms with E-state index in [2.05, 4.69) is 20.5 Å². The lowest BCUT2D eigenvalue weighted by molar-refractivity contribution is 1.03. The van der Waals surface area contributed by atoms with Crippen molar-refractivity contribution in [2.24, 2.45) is 0 Å². The van der Waals surface area contributed by atoms with Crippen molar-refractivity contribution < 1.29 is 0 Å². The average Bonchev–Trinajstić information content (AvgIpc) is 2.61. The fourth-order valence-electron chi connectivity index (χ4n) is 1.78. The molecule has 0 bridgehead atoms. The van der Waals surface area contributed by atoms with E-state index in [4.69, 9.17) is 0 Å². The first-order valence-electron chi connectivity index (χ1n) is 4.66. The highest BCUT2D eigenvalue weighted by atomic mass is 15.1. The molecule has 4 heteroatoms. The van der Waals surface area contributed by atoms with Gasteiger partial charge in [0.2, 0.25) is 0 Å². The molecular weight excluding hydrogens is 176 g/mol. The van der Waals surface area contributed by atoms with Crippen LogP contribution in [0, 0.1) is 0 Å². The highest BCUT2D eigenvalue weighted by Crippen LogP contribution is 2.28. The quantitative estimate of drug-likeness (QED) is 0.654. The van der Waals surface area contributed by atoms with Crippen LogP contribution < -0.4 is 5.32 Å². The monoisotopic (exact) mass is 186 g/mol. The summed E-state index contributed by atoms with van der Waals surface area (Å²) in [6.45, 7) is 0.936. The van der Waals surface area contributed by atoms with Crippen LogP contribution in [0.2, 0.25) is 0 Å². The molecule has 2 aromatic heterocycles. The molecule has 4 nitrogen and oxygen atoms in total. The van der Waals surface area contributed by atoms with E-state index in [1.807, 2.05) is 18.3 Å². The van der Waals surface area contributed by atoms with Crippen LogP contribution in [-0.4, -0.2) is 21.7 Å². The Morgan fingerprint density at radius 3 is 3.36 bits per heavy atom. The van der Waals surface area contributed by atoms with E-state index in [9.17, 15) is 0 Å². The number of hydrogen-bond donors (Lipinski definition) is 2. The average molecular weight is 186 g/mol. The molecule has 0 radical (unpaired) electrons. The Morgan fingerprint density at radius 2 is 2.36 bits per heavy atom. The number of aromatic amines is 1. The number of fused-ring (bicyclic) bond motifs is 3. The van der Waals surface area contributed by atoms with E-state index < -0.39 is 0 Å². The van der Waals surface area contributed by atoms with Crippen LogP contribution in [0.1, 0.15) is 5.56 Å². The molecule has 2 aromatic rings. The molecular formula is C10H10N4. The van der Waals surface area contributed by atoms with E-state index in [0.717, 1.165) is 30.0 Å². The summed E-state index contributed by atoms with van der Waals surface area (Å²) in [7, 11) is 0. The molecule has 1 aliphatic rings. The summed E-state index contributed by atoms with van der Waals surface area (Å²) in [4.78, 5) is 4.36. The highest BCUT2D eigenvalue weighted by Gasteiger charge is 2.15. The molecule has 14 heavy (non-hydrogen) atoms. The lowest BCUT2D eigenvalue weighted by atomic mass is 10.1. The molecule has 1 aliphatic heterocycles. The number of nitrogens with zero attached hydrogens (tertiary/aromatic N) is 2. The minimum Gasteiger partial charge on any atom is -0.383 e. The van der Waals surface area contributed by atoms with Crippen molar-refractivity contribution >= 4 is 5.69 Å². The van der Waals surface area contributed by atoms with Crippen LogP contribution in [0.3, 0.4) is 0 Å². The molecule has 0 saturated carbocycles. The third-order valence-electron chi connectivity index (χ3n) is 2.47. The zero-order valence-corrected chi connectivity index (χ0v) is 7.62. The van der Waals surface area contributed by atoms with Crippen LogP contribution in [0.15, 0.2) is 24.5 Å². The Morgan fingerprint density at radius 1 is 1.36 bits per heavy atom. The van der Waals surface area contributed by atoms with Gasteiger partial charge in [-0.2, -0.15) is 5.10 Å². The summed E-state index contributed by atoms with van der Waals surface area (Å²) in [6, 6.07) is 3.98. The van der Waals surface area contributed by atoms with Gasteiger partial charge in [-0.15, -0.1) is 0 Å². The van der Waals surface area contributed by atoms with Gasteiger partial charge < -0.3 is 5.32 Å². The molecule has 3 rings (SSSR count). The van der Waals surface area contributed by atoms with Crippen LogP contribution >= 0.6 is 0 Å². The van der Waals surface area contributed by atoms with Crippen LogP contribution in [-0.2, 0) is 6.42 Å². The van der Waals surface area contributed by atoms with Crippen molar-refractivity contribution in [1.29, 1.82) is 0 Å². The van der Waals surface area contributed by atoms with Gasteiger partial charge >= 0.3 is 0 Å². The number of rotatable bonds is 0. The van der Waals surface area contributed by atoms with Gasteiger partial charge in [-0.05, 0) is 18.6 Å². The molecule has 0 aliphatic carbocycles. The Bertz CT molecular complexity index is 461. The Hall–Kier alpha value is -1.84. The maximum absolute atomic E-state index is 4.36. The van der Waals surface area contributed by atoms with Crippen LogP contribution in [0.5, 0.6) is 0 Å². The van der Waals surface area contributed by atoms with Gasteiger partial charge in [-0.1, -0.05) is 0 Å². The van der Waals surface area contributed by atoms with Gasteiger partial charge in [0.1, 0.15) is 5.69 Å². The first-order chi connectivity index (χ1) is 6.95. The van der Waals surface area contributed by atoms with E-state index in [0.29, 0.717) is 0 Å². The number of hydrogen-bond acceptors (Lipinski definition) is 3. The fraction of sp³-hybridized carbons (Fsp3) is 0.200. The summed E-state index contributed by atoms with van der Waals surface area (Å²) in [6.07, 6.45) is 4.67. The van der Waals surface area contributed by atoms with E-state index >= 15 is 0 Å². The zero-order chi connectivity index (χ0) is 9.38. The first-order valence-corrected chi connectivity index (χ1v) is 4.66. The van der Waals surface area contributed by atoms with Gasteiger partial charge in [0, 0.05) is 18.3 Å². The van der Waals surface area contributed by atoms with Gasteiger partial charge in [-0.3, -0.25) is 10.1 Å². The Kier molecular flexibility index (Phi) is 1.53. The number of aromatic nitrogens is 3. The molecule has 0 unspecified atom stereocenters. The molecule has 70 valence electrons. The zero-order valence-electron chi connectivity index (χ0n) is 7.62. The second-order valence-electron chi connectivity index (χ2n) is 3.35. The summed E-state index contributed by atoms with van der Waals surface area (Å²) in [5, 5.41) is 10.4. The van der Waals surface area contributed by atoms with Crippen molar-refractivity contribution in [3.05, 3.63) is 30.1 Å². The molecule has 3 heterocycles.